The molecule has 0 aliphatic carbocycles. The number of halogens is 1. The van der Waals surface area contributed by atoms with Gasteiger partial charge in [0.2, 0.25) is 0 Å². The lowest BCUT2D eigenvalue weighted by atomic mass is 10.4. The Bertz CT molecular complexity index is 367. The highest BCUT2D eigenvalue weighted by Crippen LogP contribution is 2.21. The van der Waals surface area contributed by atoms with Gasteiger partial charge in [-0.25, -0.2) is 4.79 Å². The lowest BCUT2D eigenvalue weighted by Crippen LogP contribution is -2.37. The van der Waals surface area contributed by atoms with Crippen LogP contribution in [0.3, 0.4) is 0 Å². The molecule has 0 bridgehead atoms. The zero-order valence-electron chi connectivity index (χ0n) is 7.75. The minimum Gasteiger partial charge on any atom is -0.352 e. The molecule has 0 saturated carbocycles. The van der Waals surface area contributed by atoms with Crippen molar-refractivity contribution in [3.63, 3.8) is 0 Å². The van der Waals surface area contributed by atoms with E-state index >= 15 is 0 Å². The molecule has 0 aliphatic heterocycles. The molecule has 0 atom stereocenters. The number of urea groups is 1. The topological polar surface area (TPSA) is 84.2 Å². The van der Waals surface area contributed by atoms with E-state index in [0.29, 0.717) is 18.0 Å². The standard InChI is InChI=1S/C8H10BrN3O2S/c9-5-1-4-15-6(5)7(13)11-2-3-12-8(10)14/h1,4H,2-3H2,(H,11,13)(H3,10,12,14). The van der Waals surface area contributed by atoms with Crippen molar-refractivity contribution in [1.29, 1.82) is 0 Å². The van der Waals surface area contributed by atoms with Gasteiger partial charge in [-0.05, 0) is 27.4 Å². The van der Waals surface area contributed by atoms with E-state index in [1.807, 2.05) is 5.38 Å². The summed E-state index contributed by atoms with van der Waals surface area (Å²) in [6.45, 7) is 0.677. The molecule has 5 nitrogen and oxygen atoms in total. The number of rotatable bonds is 4. The van der Waals surface area contributed by atoms with E-state index in [-0.39, 0.29) is 5.91 Å². The van der Waals surface area contributed by atoms with Gasteiger partial charge in [0.05, 0.1) is 0 Å². The molecule has 1 aromatic heterocycles. The fraction of sp³-hybridized carbons (Fsp3) is 0.250. The average Bonchev–Trinajstić information content (AvgIpc) is 2.58. The van der Waals surface area contributed by atoms with Gasteiger partial charge in [-0.3, -0.25) is 4.79 Å². The van der Waals surface area contributed by atoms with Gasteiger partial charge in [-0.15, -0.1) is 11.3 Å². The van der Waals surface area contributed by atoms with E-state index in [0.717, 1.165) is 4.47 Å². The van der Waals surface area contributed by atoms with E-state index < -0.39 is 6.03 Å². The highest BCUT2D eigenvalue weighted by molar-refractivity contribution is 9.10. The van der Waals surface area contributed by atoms with Crippen LogP contribution >= 0.6 is 27.3 Å². The van der Waals surface area contributed by atoms with Crippen molar-refractivity contribution in [2.75, 3.05) is 13.1 Å². The Balaban J connectivity index is 2.31. The fourth-order valence-corrected chi connectivity index (χ4v) is 2.37. The van der Waals surface area contributed by atoms with Crippen LogP contribution in [0.1, 0.15) is 9.67 Å². The summed E-state index contributed by atoms with van der Waals surface area (Å²) in [5.41, 5.74) is 4.86. The number of nitrogens with one attached hydrogen (secondary N) is 2. The van der Waals surface area contributed by atoms with Crippen molar-refractivity contribution >= 4 is 39.2 Å². The normalized spacial score (nSPS) is 9.67. The Morgan fingerprint density at radius 1 is 1.40 bits per heavy atom. The van der Waals surface area contributed by atoms with E-state index in [4.69, 9.17) is 5.73 Å². The Kier molecular flexibility index (Phi) is 4.57. The predicted octanol–water partition coefficient (Wildman–Crippen LogP) is 0.909. The van der Waals surface area contributed by atoms with Crippen LogP contribution in [-0.2, 0) is 0 Å². The van der Waals surface area contributed by atoms with E-state index in [1.54, 1.807) is 6.07 Å². The molecule has 7 heteroatoms. The molecule has 1 aromatic rings. The van der Waals surface area contributed by atoms with Crippen LogP contribution in [0.25, 0.3) is 0 Å². The van der Waals surface area contributed by atoms with Crippen LogP contribution in [0, 0.1) is 0 Å². The molecule has 1 rings (SSSR count). The maximum Gasteiger partial charge on any atom is 0.312 e. The van der Waals surface area contributed by atoms with Crippen molar-refractivity contribution in [2.24, 2.45) is 5.73 Å². The fourth-order valence-electron chi connectivity index (χ4n) is 0.898. The Hall–Kier alpha value is -1.08. The number of primary amides is 1. The van der Waals surface area contributed by atoms with Gasteiger partial charge in [0.1, 0.15) is 4.88 Å². The number of amides is 3. The van der Waals surface area contributed by atoms with E-state index in [2.05, 4.69) is 26.6 Å². The highest BCUT2D eigenvalue weighted by atomic mass is 79.9. The first kappa shape index (κ1) is 12.0. The van der Waals surface area contributed by atoms with Crippen LogP contribution in [0.2, 0.25) is 0 Å². The first-order valence-electron chi connectivity index (χ1n) is 4.15. The summed E-state index contributed by atoms with van der Waals surface area (Å²) in [7, 11) is 0. The maximum absolute atomic E-state index is 11.5. The quantitative estimate of drug-likeness (QED) is 0.721. The van der Waals surface area contributed by atoms with E-state index in [1.165, 1.54) is 11.3 Å². The van der Waals surface area contributed by atoms with Crippen LogP contribution in [0.4, 0.5) is 4.79 Å². The molecule has 0 fully saturated rings. The third-order valence-corrected chi connectivity index (χ3v) is 3.37. The summed E-state index contributed by atoms with van der Waals surface area (Å²) in [5, 5.41) is 6.85. The van der Waals surface area contributed by atoms with Gasteiger partial charge in [0, 0.05) is 17.6 Å². The molecule has 82 valence electrons. The summed E-state index contributed by atoms with van der Waals surface area (Å²) >= 11 is 4.61. The molecule has 0 aliphatic rings. The summed E-state index contributed by atoms with van der Waals surface area (Å²) in [6.07, 6.45) is 0. The Morgan fingerprint density at radius 3 is 2.60 bits per heavy atom. The Morgan fingerprint density at radius 2 is 2.07 bits per heavy atom. The first-order chi connectivity index (χ1) is 7.11. The summed E-state index contributed by atoms with van der Waals surface area (Å²) in [6, 6.07) is 1.21. The molecule has 0 aromatic carbocycles. The van der Waals surface area contributed by atoms with Gasteiger partial charge in [-0.1, -0.05) is 0 Å². The highest BCUT2D eigenvalue weighted by Gasteiger charge is 2.10. The SMILES string of the molecule is NC(=O)NCCNC(=O)c1sccc1Br. The van der Waals surface area contributed by atoms with Crippen molar-refractivity contribution in [3.05, 3.63) is 20.8 Å². The largest absolute Gasteiger partial charge is 0.352 e. The number of hydrogen-bond donors (Lipinski definition) is 3. The molecule has 1 heterocycles. The van der Waals surface area contributed by atoms with Crippen molar-refractivity contribution in [3.8, 4) is 0 Å². The predicted molar refractivity (Wildman–Crippen MR) is 61.9 cm³/mol. The zero-order chi connectivity index (χ0) is 11.3. The lowest BCUT2D eigenvalue weighted by Gasteiger charge is -2.04. The minimum absolute atomic E-state index is 0.164. The summed E-state index contributed by atoms with van der Waals surface area (Å²) < 4.78 is 0.771. The van der Waals surface area contributed by atoms with Crippen LogP contribution < -0.4 is 16.4 Å². The molecule has 15 heavy (non-hydrogen) atoms. The number of thiophene rings is 1. The monoisotopic (exact) mass is 291 g/mol. The molecule has 0 radical (unpaired) electrons. The van der Waals surface area contributed by atoms with Crippen molar-refractivity contribution in [1.82, 2.24) is 10.6 Å². The lowest BCUT2D eigenvalue weighted by molar-refractivity contribution is 0.0957. The molecule has 3 amide bonds. The second-order valence-electron chi connectivity index (χ2n) is 2.64. The molecule has 0 saturated heterocycles. The van der Waals surface area contributed by atoms with Gasteiger partial charge >= 0.3 is 6.03 Å². The first-order valence-corrected chi connectivity index (χ1v) is 5.83. The Labute approximate surface area is 99.2 Å². The molecular formula is C8H10BrN3O2S. The molecule has 0 spiro atoms. The molecular weight excluding hydrogens is 282 g/mol. The second-order valence-corrected chi connectivity index (χ2v) is 4.42. The van der Waals surface area contributed by atoms with Crippen LogP contribution in [0.15, 0.2) is 15.9 Å². The number of hydrogen-bond acceptors (Lipinski definition) is 3. The van der Waals surface area contributed by atoms with Crippen LogP contribution in [-0.4, -0.2) is 25.0 Å². The minimum atomic E-state index is -0.596. The molecule has 4 N–H and O–H groups in total. The zero-order valence-corrected chi connectivity index (χ0v) is 10.2. The van der Waals surface area contributed by atoms with Gasteiger partial charge in [0.15, 0.2) is 0 Å². The van der Waals surface area contributed by atoms with Gasteiger partial charge in [0.25, 0.3) is 5.91 Å². The summed E-state index contributed by atoms with van der Waals surface area (Å²) in [4.78, 5) is 22.4. The van der Waals surface area contributed by atoms with E-state index in [9.17, 15) is 9.59 Å². The number of carbonyl (C=O) groups excluding carboxylic acids is 2. The average molecular weight is 292 g/mol. The van der Waals surface area contributed by atoms with Crippen molar-refractivity contribution in [2.45, 2.75) is 0 Å². The maximum atomic E-state index is 11.5. The third-order valence-electron chi connectivity index (χ3n) is 1.53. The van der Waals surface area contributed by atoms with Gasteiger partial charge in [-0.2, -0.15) is 0 Å². The number of carbonyl (C=O) groups is 2. The number of nitrogens with two attached hydrogens (primary N) is 1. The molecule has 0 unspecified atom stereocenters. The van der Waals surface area contributed by atoms with Gasteiger partial charge < -0.3 is 16.4 Å². The smallest absolute Gasteiger partial charge is 0.312 e. The summed E-state index contributed by atoms with van der Waals surface area (Å²) in [5.74, 6) is -0.164. The third kappa shape index (κ3) is 3.88. The second kappa shape index (κ2) is 5.72. The van der Waals surface area contributed by atoms with Crippen molar-refractivity contribution < 1.29 is 9.59 Å². The van der Waals surface area contributed by atoms with Crippen LogP contribution in [0.5, 0.6) is 0 Å².